The standard InChI is InChI=1S/C14H18N2O2S/c1-3-18-14(17)13(16-10-19)11(2)15-9-12-7-5-4-6-8-12/h4-5,7,15H,3,6,8-9H2,1-2H3/b13-11+. The summed E-state index contributed by atoms with van der Waals surface area (Å²) in [5.74, 6) is -0.484. The minimum absolute atomic E-state index is 0.184. The summed E-state index contributed by atoms with van der Waals surface area (Å²) >= 11 is 4.55. The molecule has 0 heterocycles. The first kappa shape index (κ1) is 15.3. The summed E-state index contributed by atoms with van der Waals surface area (Å²) in [5.41, 5.74) is 2.12. The Morgan fingerprint density at radius 1 is 1.63 bits per heavy atom. The van der Waals surface area contributed by atoms with Crippen LogP contribution in [0.25, 0.3) is 0 Å². The maximum atomic E-state index is 11.7. The molecule has 1 N–H and O–H groups in total. The molecule has 0 amide bonds. The third kappa shape index (κ3) is 5.20. The van der Waals surface area contributed by atoms with Crippen molar-refractivity contribution in [2.24, 2.45) is 4.99 Å². The highest BCUT2D eigenvalue weighted by molar-refractivity contribution is 7.78. The van der Waals surface area contributed by atoms with E-state index in [-0.39, 0.29) is 5.70 Å². The van der Waals surface area contributed by atoms with E-state index in [1.807, 2.05) is 6.08 Å². The lowest BCUT2D eigenvalue weighted by Gasteiger charge is -2.13. The van der Waals surface area contributed by atoms with Crippen LogP contribution in [0.1, 0.15) is 26.7 Å². The molecule has 0 radical (unpaired) electrons. The Balaban J connectivity index is 2.72. The van der Waals surface area contributed by atoms with E-state index in [0.29, 0.717) is 18.8 Å². The lowest BCUT2D eigenvalue weighted by molar-refractivity contribution is -0.138. The largest absolute Gasteiger partial charge is 0.461 e. The van der Waals surface area contributed by atoms with Crippen LogP contribution in [-0.2, 0) is 9.53 Å². The number of rotatable bonds is 6. The summed E-state index contributed by atoms with van der Waals surface area (Å²) in [5, 5.41) is 5.38. The fourth-order valence-corrected chi connectivity index (χ4v) is 1.75. The summed E-state index contributed by atoms with van der Waals surface area (Å²) in [6.45, 7) is 4.52. The van der Waals surface area contributed by atoms with Gasteiger partial charge in [0, 0.05) is 12.2 Å². The average molecular weight is 278 g/mol. The molecule has 0 aliphatic heterocycles. The first-order chi connectivity index (χ1) is 9.19. The van der Waals surface area contributed by atoms with E-state index in [0.717, 1.165) is 12.8 Å². The van der Waals surface area contributed by atoms with Gasteiger partial charge in [-0.3, -0.25) is 0 Å². The van der Waals surface area contributed by atoms with Gasteiger partial charge in [0.1, 0.15) is 0 Å². The van der Waals surface area contributed by atoms with E-state index in [1.54, 1.807) is 13.8 Å². The van der Waals surface area contributed by atoms with Gasteiger partial charge in [0.15, 0.2) is 5.70 Å². The molecule has 0 aromatic carbocycles. The number of thiocarbonyl (C=S) groups is 1. The zero-order valence-electron chi connectivity index (χ0n) is 11.2. The van der Waals surface area contributed by atoms with Gasteiger partial charge in [-0.2, -0.15) is 4.99 Å². The number of esters is 1. The fourth-order valence-electron chi connectivity index (χ4n) is 1.66. The van der Waals surface area contributed by atoms with Crippen LogP contribution in [-0.4, -0.2) is 24.3 Å². The van der Waals surface area contributed by atoms with Crippen molar-refractivity contribution in [1.29, 1.82) is 0 Å². The highest BCUT2D eigenvalue weighted by Gasteiger charge is 2.13. The lowest BCUT2D eigenvalue weighted by atomic mass is 10.1. The molecule has 1 aliphatic rings. The normalized spacial score (nSPS) is 14.9. The quantitative estimate of drug-likeness (QED) is 0.351. The molecule has 4 nitrogen and oxygen atoms in total. The fraction of sp³-hybridized carbons (Fsp3) is 0.429. The second kappa shape index (κ2) is 8.40. The predicted molar refractivity (Wildman–Crippen MR) is 78.8 cm³/mol. The molecular weight excluding hydrogens is 260 g/mol. The lowest BCUT2D eigenvalue weighted by Crippen LogP contribution is -2.20. The molecule has 0 unspecified atom stereocenters. The second-order valence-electron chi connectivity index (χ2n) is 4.04. The zero-order chi connectivity index (χ0) is 14.1. The van der Waals surface area contributed by atoms with Crippen molar-refractivity contribution >= 4 is 23.3 Å². The summed E-state index contributed by atoms with van der Waals surface area (Å²) in [4.78, 5) is 15.5. The van der Waals surface area contributed by atoms with Crippen LogP contribution in [0.5, 0.6) is 0 Å². The third-order valence-electron chi connectivity index (χ3n) is 2.66. The molecule has 0 spiro atoms. The van der Waals surface area contributed by atoms with Gasteiger partial charge in [0.25, 0.3) is 0 Å². The Bertz CT molecular complexity index is 472. The monoisotopic (exact) mass is 278 g/mol. The number of ether oxygens (including phenoxy) is 1. The van der Waals surface area contributed by atoms with Gasteiger partial charge < -0.3 is 10.1 Å². The number of carbonyl (C=O) groups is 1. The average Bonchev–Trinajstić information content (AvgIpc) is 2.43. The summed E-state index contributed by atoms with van der Waals surface area (Å²) in [7, 11) is 0. The Morgan fingerprint density at radius 2 is 2.42 bits per heavy atom. The molecule has 0 bridgehead atoms. The van der Waals surface area contributed by atoms with Gasteiger partial charge in [-0.1, -0.05) is 23.8 Å². The molecular formula is C14H18N2O2S. The number of aliphatic imine (C=N–C) groups is 1. The number of hydrogen-bond donors (Lipinski definition) is 1. The first-order valence-electron chi connectivity index (χ1n) is 6.23. The Hall–Kier alpha value is -1.71. The number of isothiocyanates is 1. The van der Waals surface area contributed by atoms with E-state index in [4.69, 9.17) is 4.74 Å². The summed E-state index contributed by atoms with van der Waals surface area (Å²) in [6, 6.07) is 0. The molecule has 0 aromatic heterocycles. The zero-order valence-corrected chi connectivity index (χ0v) is 12.0. The Morgan fingerprint density at radius 3 is 3.00 bits per heavy atom. The number of nitrogens with one attached hydrogen (secondary N) is 1. The van der Waals surface area contributed by atoms with E-state index in [2.05, 4.69) is 39.8 Å². The molecule has 1 rings (SSSR count). The Labute approximate surface area is 118 Å². The number of hydrogen-bond acceptors (Lipinski definition) is 5. The summed E-state index contributed by atoms with van der Waals surface area (Å²) < 4.78 is 4.93. The van der Waals surface area contributed by atoms with E-state index < -0.39 is 5.97 Å². The van der Waals surface area contributed by atoms with Gasteiger partial charge in [0.2, 0.25) is 0 Å². The number of carbonyl (C=O) groups excluding carboxylic acids is 1. The van der Waals surface area contributed by atoms with Crippen LogP contribution in [0, 0.1) is 0 Å². The topological polar surface area (TPSA) is 50.7 Å². The minimum Gasteiger partial charge on any atom is -0.461 e. The third-order valence-corrected chi connectivity index (χ3v) is 2.75. The van der Waals surface area contributed by atoms with E-state index >= 15 is 0 Å². The molecule has 0 atom stereocenters. The first-order valence-corrected chi connectivity index (χ1v) is 6.64. The number of nitrogens with zero attached hydrogens (tertiary/aromatic N) is 1. The van der Waals surface area contributed by atoms with Crippen molar-refractivity contribution < 1.29 is 9.53 Å². The van der Waals surface area contributed by atoms with Gasteiger partial charge in [-0.15, -0.1) is 0 Å². The van der Waals surface area contributed by atoms with Crippen molar-refractivity contribution in [2.75, 3.05) is 13.2 Å². The van der Waals surface area contributed by atoms with Gasteiger partial charge in [0.05, 0.1) is 11.8 Å². The highest BCUT2D eigenvalue weighted by Crippen LogP contribution is 2.12. The predicted octanol–water partition coefficient (Wildman–Crippen LogP) is 2.75. The number of allylic oxidation sites excluding steroid dienone is 4. The highest BCUT2D eigenvalue weighted by atomic mass is 32.1. The van der Waals surface area contributed by atoms with Crippen LogP contribution in [0.15, 0.2) is 40.2 Å². The van der Waals surface area contributed by atoms with Crippen LogP contribution in [0.3, 0.4) is 0 Å². The molecule has 19 heavy (non-hydrogen) atoms. The van der Waals surface area contributed by atoms with Crippen molar-refractivity contribution in [1.82, 2.24) is 5.32 Å². The maximum absolute atomic E-state index is 11.7. The van der Waals surface area contributed by atoms with Crippen molar-refractivity contribution in [3.05, 3.63) is 35.2 Å². The molecule has 1 aliphatic carbocycles. The van der Waals surface area contributed by atoms with Crippen molar-refractivity contribution in [3.8, 4) is 0 Å². The van der Waals surface area contributed by atoms with E-state index in [1.165, 1.54) is 5.57 Å². The molecule has 0 saturated carbocycles. The Kier molecular flexibility index (Phi) is 6.79. The minimum atomic E-state index is -0.484. The van der Waals surface area contributed by atoms with Crippen molar-refractivity contribution in [3.63, 3.8) is 0 Å². The van der Waals surface area contributed by atoms with Crippen LogP contribution in [0.4, 0.5) is 0 Å². The van der Waals surface area contributed by atoms with Gasteiger partial charge in [-0.25, -0.2) is 4.79 Å². The SMILES string of the molecule is CCOC(=O)/C(N=C=S)=C(/C)NCC1=CC=CCC1. The maximum Gasteiger partial charge on any atom is 0.359 e. The molecule has 0 aromatic rings. The molecule has 0 saturated heterocycles. The smallest absolute Gasteiger partial charge is 0.359 e. The molecule has 0 fully saturated rings. The second-order valence-corrected chi connectivity index (χ2v) is 4.23. The van der Waals surface area contributed by atoms with Crippen LogP contribution in [0.2, 0.25) is 0 Å². The van der Waals surface area contributed by atoms with Crippen LogP contribution >= 0.6 is 12.2 Å². The molecule has 5 heteroatoms. The van der Waals surface area contributed by atoms with Crippen LogP contribution < -0.4 is 5.32 Å². The van der Waals surface area contributed by atoms with Gasteiger partial charge >= 0.3 is 5.97 Å². The van der Waals surface area contributed by atoms with Gasteiger partial charge in [-0.05, 0) is 38.9 Å². The molecule has 102 valence electrons. The van der Waals surface area contributed by atoms with Crippen molar-refractivity contribution in [2.45, 2.75) is 26.7 Å². The summed E-state index contributed by atoms with van der Waals surface area (Å²) in [6.07, 6.45) is 8.34. The van der Waals surface area contributed by atoms with E-state index in [9.17, 15) is 4.79 Å².